The highest BCUT2D eigenvalue weighted by atomic mass is 15.2. The van der Waals surface area contributed by atoms with Gasteiger partial charge in [-0.05, 0) is 43.7 Å². The highest BCUT2D eigenvalue weighted by Crippen LogP contribution is 2.28. The number of hydrogen-bond donors (Lipinski definition) is 1. The molecule has 0 aromatic carbocycles. The first kappa shape index (κ1) is 14.2. The molecule has 4 heteroatoms. The van der Waals surface area contributed by atoms with Crippen molar-refractivity contribution in [2.24, 2.45) is 0 Å². The quantitative estimate of drug-likeness (QED) is 0.937. The van der Waals surface area contributed by atoms with E-state index in [2.05, 4.69) is 45.3 Å². The number of hydrogen-bond acceptors (Lipinski definition) is 4. The highest BCUT2D eigenvalue weighted by Gasteiger charge is 2.26. The molecule has 2 aromatic heterocycles. The third kappa shape index (κ3) is 3.28. The minimum absolute atomic E-state index is 0.146. The molecule has 21 heavy (non-hydrogen) atoms. The molecule has 1 atom stereocenters. The minimum Gasteiger partial charge on any atom is -0.315 e. The van der Waals surface area contributed by atoms with Crippen molar-refractivity contribution in [1.29, 1.82) is 0 Å². The van der Waals surface area contributed by atoms with Gasteiger partial charge in [-0.25, -0.2) is 0 Å². The molecular weight excluding hydrogens is 260 g/mol. The first-order chi connectivity index (χ1) is 10.4. The van der Waals surface area contributed by atoms with Crippen LogP contribution in [-0.2, 0) is 0 Å². The largest absolute Gasteiger partial charge is 0.315 e. The molecule has 2 aromatic rings. The van der Waals surface area contributed by atoms with Gasteiger partial charge < -0.3 is 5.32 Å². The van der Waals surface area contributed by atoms with E-state index in [0.717, 1.165) is 44.0 Å². The lowest BCUT2D eigenvalue weighted by Gasteiger charge is -2.30. The molecular formula is C17H22N4. The van der Waals surface area contributed by atoms with Crippen LogP contribution in [0.1, 0.15) is 29.4 Å². The predicted octanol–water partition coefficient (Wildman–Crippen LogP) is 2.17. The fourth-order valence-electron chi connectivity index (χ4n) is 2.95. The van der Waals surface area contributed by atoms with Gasteiger partial charge in [-0.15, -0.1) is 0 Å². The molecule has 0 amide bonds. The molecule has 1 saturated heterocycles. The zero-order chi connectivity index (χ0) is 14.5. The molecule has 0 bridgehead atoms. The van der Waals surface area contributed by atoms with Gasteiger partial charge in [0.05, 0.1) is 17.4 Å². The molecule has 1 unspecified atom stereocenters. The molecule has 0 aliphatic carbocycles. The number of rotatable bonds is 3. The maximum absolute atomic E-state index is 4.66. The van der Waals surface area contributed by atoms with Crippen molar-refractivity contribution >= 4 is 0 Å². The number of aryl methyl sites for hydroxylation is 1. The van der Waals surface area contributed by atoms with Gasteiger partial charge in [0.25, 0.3) is 0 Å². The first-order valence-electron chi connectivity index (χ1n) is 7.63. The summed E-state index contributed by atoms with van der Waals surface area (Å²) in [6.07, 6.45) is 4.92. The van der Waals surface area contributed by atoms with E-state index in [-0.39, 0.29) is 6.04 Å². The van der Waals surface area contributed by atoms with Crippen LogP contribution in [0.3, 0.4) is 0 Å². The average Bonchev–Trinajstić information content (AvgIpc) is 2.80. The molecule has 1 fully saturated rings. The van der Waals surface area contributed by atoms with Crippen LogP contribution in [0.2, 0.25) is 0 Å². The Hall–Kier alpha value is -1.78. The second-order valence-corrected chi connectivity index (χ2v) is 5.50. The van der Waals surface area contributed by atoms with Crippen LogP contribution in [0.25, 0.3) is 0 Å². The standard InChI is InChI=1S/C17H22N4/c1-14-6-4-10-20-16(14)17(15-7-2-3-9-19-15)21-12-5-8-18-11-13-21/h2-4,6-7,9-10,17-18H,5,8,11-13H2,1H3. The number of nitrogens with zero attached hydrogens (tertiary/aromatic N) is 3. The zero-order valence-electron chi connectivity index (χ0n) is 12.5. The summed E-state index contributed by atoms with van der Waals surface area (Å²) in [4.78, 5) is 11.8. The first-order valence-corrected chi connectivity index (χ1v) is 7.63. The highest BCUT2D eigenvalue weighted by molar-refractivity contribution is 5.28. The van der Waals surface area contributed by atoms with Crippen LogP contribution in [0.5, 0.6) is 0 Å². The lowest BCUT2D eigenvalue weighted by Crippen LogP contribution is -2.34. The fraction of sp³-hybridized carbons (Fsp3) is 0.412. The van der Waals surface area contributed by atoms with Gasteiger partial charge in [0.15, 0.2) is 0 Å². The van der Waals surface area contributed by atoms with E-state index >= 15 is 0 Å². The van der Waals surface area contributed by atoms with E-state index in [1.54, 1.807) is 0 Å². The van der Waals surface area contributed by atoms with E-state index in [0.29, 0.717) is 0 Å². The van der Waals surface area contributed by atoms with Crippen molar-refractivity contribution in [3.05, 3.63) is 59.7 Å². The fourth-order valence-corrected chi connectivity index (χ4v) is 2.95. The Labute approximate surface area is 126 Å². The van der Waals surface area contributed by atoms with Crippen LogP contribution in [0.4, 0.5) is 0 Å². The molecule has 1 aliphatic heterocycles. The molecule has 1 aliphatic rings. The Balaban J connectivity index is 2.00. The topological polar surface area (TPSA) is 41.1 Å². The van der Waals surface area contributed by atoms with Crippen LogP contribution in [0, 0.1) is 6.92 Å². The van der Waals surface area contributed by atoms with E-state index in [9.17, 15) is 0 Å². The summed E-state index contributed by atoms with van der Waals surface area (Å²) in [7, 11) is 0. The lowest BCUT2D eigenvalue weighted by molar-refractivity contribution is 0.233. The van der Waals surface area contributed by atoms with Gasteiger partial charge in [-0.1, -0.05) is 12.1 Å². The summed E-state index contributed by atoms with van der Waals surface area (Å²) >= 11 is 0. The molecule has 3 rings (SSSR count). The van der Waals surface area contributed by atoms with Crippen LogP contribution in [0.15, 0.2) is 42.7 Å². The Kier molecular flexibility index (Phi) is 4.58. The van der Waals surface area contributed by atoms with Crippen molar-refractivity contribution in [2.45, 2.75) is 19.4 Å². The smallest absolute Gasteiger partial charge is 0.0953 e. The summed E-state index contributed by atoms with van der Waals surface area (Å²) in [6, 6.07) is 10.4. The van der Waals surface area contributed by atoms with Crippen LogP contribution >= 0.6 is 0 Å². The number of aromatic nitrogens is 2. The number of nitrogens with one attached hydrogen (secondary N) is 1. The monoisotopic (exact) mass is 282 g/mol. The molecule has 4 nitrogen and oxygen atoms in total. The second-order valence-electron chi connectivity index (χ2n) is 5.50. The lowest BCUT2D eigenvalue weighted by atomic mass is 10.0. The third-order valence-electron chi connectivity index (χ3n) is 4.02. The van der Waals surface area contributed by atoms with Crippen molar-refractivity contribution in [3.8, 4) is 0 Å². The molecule has 0 radical (unpaired) electrons. The van der Waals surface area contributed by atoms with Gasteiger partial charge in [0.2, 0.25) is 0 Å². The van der Waals surface area contributed by atoms with Crippen LogP contribution in [-0.4, -0.2) is 41.0 Å². The Morgan fingerprint density at radius 2 is 1.95 bits per heavy atom. The summed E-state index contributed by atoms with van der Waals surface area (Å²) in [6.45, 7) is 6.34. The second kappa shape index (κ2) is 6.78. The van der Waals surface area contributed by atoms with Gasteiger partial charge in [0.1, 0.15) is 0 Å². The van der Waals surface area contributed by atoms with Crippen molar-refractivity contribution in [1.82, 2.24) is 20.2 Å². The molecule has 0 spiro atoms. The van der Waals surface area contributed by atoms with Gasteiger partial charge >= 0.3 is 0 Å². The van der Waals surface area contributed by atoms with E-state index < -0.39 is 0 Å². The van der Waals surface area contributed by atoms with Crippen molar-refractivity contribution < 1.29 is 0 Å². The van der Waals surface area contributed by atoms with Crippen molar-refractivity contribution in [2.75, 3.05) is 26.2 Å². The Morgan fingerprint density at radius 3 is 2.76 bits per heavy atom. The average molecular weight is 282 g/mol. The summed E-state index contributed by atoms with van der Waals surface area (Å²) in [5.74, 6) is 0. The normalized spacial score (nSPS) is 18.1. The SMILES string of the molecule is Cc1cccnc1C(c1ccccn1)N1CCCNCC1. The van der Waals surface area contributed by atoms with Crippen molar-refractivity contribution in [3.63, 3.8) is 0 Å². The molecule has 3 heterocycles. The van der Waals surface area contributed by atoms with E-state index in [1.165, 1.54) is 5.56 Å². The van der Waals surface area contributed by atoms with Crippen LogP contribution < -0.4 is 5.32 Å². The Morgan fingerprint density at radius 1 is 1.05 bits per heavy atom. The maximum atomic E-state index is 4.66. The third-order valence-corrected chi connectivity index (χ3v) is 4.02. The van der Waals surface area contributed by atoms with Gasteiger partial charge in [-0.3, -0.25) is 14.9 Å². The minimum atomic E-state index is 0.146. The predicted molar refractivity (Wildman–Crippen MR) is 84.1 cm³/mol. The Bertz CT molecular complexity index is 562. The number of pyridine rings is 2. The van der Waals surface area contributed by atoms with E-state index in [4.69, 9.17) is 0 Å². The molecule has 1 N–H and O–H groups in total. The maximum Gasteiger partial charge on any atom is 0.0953 e. The summed E-state index contributed by atoms with van der Waals surface area (Å²) in [5.41, 5.74) is 3.43. The van der Waals surface area contributed by atoms with Gasteiger partial charge in [0, 0.05) is 32.0 Å². The summed E-state index contributed by atoms with van der Waals surface area (Å²) < 4.78 is 0. The molecule has 0 saturated carbocycles. The van der Waals surface area contributed by atoms with Gasteiger partial charge in [-0.2, -0.15) is 0 Å². The van der Waals surface area contributed by atoms with E-state index in [1.807, 2.05) is 24.5 Å². The summed E-state index contributed by atoms with van der Waals surface area (Å²) in [5, 5.41) is 3.47. The molecule has 110 valence electrons. The zero-order valence-corrected chi connectivity index (χ0v) is 12.5.